The van der Waals surface area contributed by atoms with E-state index in [0.717, 1.165) is 16.5 Å². The minimum atomic E-state index is 0.401. The third-order valence-corrected chi connectivity index (χ3v) is 2.86. The SMILES string of the molecule is N#Cc1cccc(COc2cc3cc[nH]c3cn2)c1. The standard InChI is InChI=1S/C15H11N3O/c16-8-11-2-1-3-12(6-11)10-19-15-7-13-4-5-17-14(13)9-18-15/h1-7,9,17H,10H2. The quantitative estimate of drug-likeness (QED) is 0.776. The third-order valence-electron chi connectivity index (χ3n) is 2.86. The first-order valence-electron chi connectivity index (χ1n) is 5.90. The fourth-order valence-corrected chi connectivity index (χ4v) is 1.90. The Morgan fingerprint density at radius 1 is 1.26 bits per heavy atom. The van der Waals surface area contributed by atoms with Crippen LogP contribution in [0.2, 0.25) is 0 Å². The van der Waals surface area contributed by atoms with E-state index in [2.05, 4.69) is 16.0 Å². The van der Waals surface area contributed by atoms with Crippen molar-refractivity contribution in [2.75, 3.05) is 0 Å². The monoisotopic (exact) mass is 249 g/mol. The van der Waals surface area contributed by atoms with E-state index < -0.39 is 0 Å². The van der Waals surface area contributed by atoms with Crippen LogP contribution in [0.3, 0.4) is 0 Å². The van der Waals surface area contributed by atoms with Crippen LogP contribution in [0.1, 0.15) is 11.1 Å². The number of aromatic nitrogens is 2. The van der Waals surface area contributed by atoms with Crippen molar-refractivity contribution in [1.29, 1.82) is 5.26 Å². The summed E-state index contributed by atoms with van der Waals surface area (Å²) in [5.41, 5.74) is 2.57. The van der Waals surface area contributed by atoms with E-state index in [-0.39, 0.29) is 0 Å². The lowest BCUT2D eigenvalue weighted by atomic mass is 10.1. The minimum Gasteiger partial charge on any atom is -0.473 e. The summed E-state index contributed by atoms with van der Waals surface area (Å²) in [4.78, 5) is 7.30. The predicted octanol–water partition coefficient (Wildman–Crippen LogP) is 3.01. The Morgan fingerprint density at radius 3 is 3.11 bits per heavy atom. The van der Waals surface area contributed by atoms with Crippen LogP contribution in [0.15, 0.2) is 48.8 Å². The molecule has 4 nitrogen and oxygen atoms in total. The van der Waals surface area contributed by atoms with Gasteiger partial charge in [-0.1, -0.05) is 12.1 Å². The second kappa shape index (κ2) is 4.83. The summed E-state index contributed by atoms with van der Waals surface area (Å²) < 4.78 is 5.63. The van der Waals surface area contributed by atoms with Gasteiger partial charge in [-0.3, -0.25) is 0 Å². The molecule has 1 N–H and O–H groups in total. The largest absolute Gasteiger partial charge is 0.473 e. The second-order valence-electron chi connectivity index (χ2n) is 4.19. The number of hydrogen-bond acceptors (Lipinski definition) is 3. The Labute approximate surface area is 110 Å². The van der Waals surface area contributed by atoms with Crippen LogP contribution in [-0.4, -0.2) is 9.97 Å². The molecule has 3 rings (SSSR count). The lowest BCUT2D eigenvalue weighted by molar-refractivity contribution is 0.294. The Hall–Kier alpha value is -2.80. The van der Waals surface area contributed by atoms with Crippen LogP contribution in [0, 0.1) is 11.3 Å². The number of rotatable bonds is 3. The predicted molar refractivity (Wildman–Crippen MR) is 71.6 cm³/mol. The molecule has 0 saturated heterocycles. The van der Waals surface area contributed by atoms with Gasteiger partial charge in [-0.05, 0) is 23.8 Å². The van der Waals surface area contributed by atoms with Gasteiger partial charge in [0, 0.05) is 17.6 Å². The van der Waals surface area contributed by atoms with Gasteiger partial charge >= 0.3 is 0 Å². The van der Waals surface area contributed by atoms with Crippen molar-refractivity contribution >= 4 is 10.9 Å². The van der Waals surface area contributed by atoms with Crippen molar-refractivity contribution in [3.8, 4) is 11.9 Å². The zero-order valence-corrected chi connectivity index (χ0v) is 10.1. The van der Waals surface area contributed by atoms with Crippen LogP contribution in [0.25, 0.3) is 10.9 Å². The highest BCUT2D eigenvalue weighted by molar-refractivity contribution is 5.79. The molecule has 3 aromatic rings. The van der Waals surface area contributed by atoms with Gasteiger partial charge in [-0.15, -0.1) is 0 Å². The molecule has 0 spiro atoms. The lowest BCUT2D eigenvalue weighted by Gasteiger charge is -2.05. The molecule has 2 heterocycles. The first-order valence-corrected chi connectivity index (χ1v) is 5.90. The lowest BCUT2D eigenvalue weighted by Crippen LogP contribution is -1.97. The van der Waals surface area contributed by atoms with Crippen molar-refractivity contribution in [2.24, 2.45) is 0 Å². The van der Waals surface area contributed by atoms with E-state index in [9.17, 15) is 0 Å². The van der Waals surface area contributed by atoms with Crippen molar-refractivity contribution in [1.82, 2.24) is 9.97 Å². The molecule has 0 fully saturated rings. The maximum atomic E-state index is 8.84. The van der Waals surface area contributed by atoms with Crippen molar-refractivity contribution in [3.63, 3.8) is 0 Å². The van der Waals surface area contributed by atoms with Gasteiger partial charge in [0.1, 0.15) is 6.61 Å². The summed E-state index contributed by atoms with van der Waals surface area (Å²) in [5, 5.41) is 9.90. The van der Waals surface area contributed by atoms with E-state index in [1.54, 1.807) is 12.3 Å². The molecule has 92 valence electrons. The maximum Gasteiger partial charge on any atom is 0.214 e. The van der Waals surface area contributed by atoms with Gasteiger partial charge in [0.2, 0.25) is 5.88 Å². The topological polar surface area (TPSA) is 61.7 Å². The van der Waals surface area contributed by atoms with E-state index >= 15 is 0 Å². The van der Waals surface area contributed by atoms with Crippen LogP contribution in [0.5, 0.6) is 5.88 Å². The number of nitriles is 1. The molecule has 0 aliphatic rings. The van der Waals surface area contributed by atoms with E-state index in [1.807, 2.05) is 36.5 Å². The molecule has 0 aliphatic heterocycles. The number of pyridine rings is 1. The Bertz CT molecular complexity index is 755. The minimum absolute atomic E-state index is 0.401. The average molecular weight is 249 g/mol. The van der Waals surface area contributed by atoms with Gasteiger partial charge in [0.25, 0.3) is 0 Å². The number of benzene rings is 1. The molecule has 0 saturated carbocycles. The van der Waals surface area contributed by atoms with Crippen LogP contribution in [0.4, 0.5) is 0 Å². The first-order chi connectivity index (χ1) is 9.35. The Morgan fingerprint density at radius 2 is 2.21 bits per heavy atom. The second-order valence-corrected chi connectivity index (χ2v) is 4.19. The summed E-state index contributed by atoms with van der Waals surface area (Å²) in [6.07, 6.45) is 3.61. The molecule has 0 bridgehead atoms. The number of nitrogens with one attached hydrogen (secondary N) is 1. The number of hydrogen-bond donors (Lipinski definition) is 1. The summed E-state index contributed by atoms with van der Waals surface area (Å²) in [7, 11) is 0. The smallest absolute Gasteiger partial charge is 0.214 e. The van der Waals surface area contributed by atoms with Crippen LogP contribution < -0.4 is 4.74 Å². The highest BCUT2D eigenvalue weighted by Crippen LogP contribution is 2.17. The Balaban J connectivity index is 1.76. The van der Waals surface area contributed by atoms with Crippen LogP contribution >= 0.6 is 0 Å². The van der Waals surface area contributed by atoms with E-state index in [1.165, 1.54) is 0 Å². The van der Waals surface area contributed by atoms with Gasteiger partial charge in [-0.25, -0.2) is 4.98 Å². The molecule has 0 unspecified atom stereocenters. The fourth-order valence-electron chi connectivity index (χ4n) is 1.90. The summed E-state index contributed by atoms with van der Waals surface area (Å²) in [6, 6.07) is 13.3. The molecule has 0 aliphatic carbocycles. The highest BCUT2D eigenvalue weighted by Gasteiger charge is 2.01. The van der Waals surface area contributed by atoms with Crippen molar-refractivity contribution in [3.05, 3.63) is 59.9 Å². The molecular weight excluding hydrogens is 238 g/mol. The Kier molecular flexibility index (Phi) is 2.87. The normalized spacial score (nSPS) is 10.3. The summed E-state index contributed by atoms with van der Waals surface area (Å²) in [6.45, 7) is 0.401. The summed E-state index contributed by atoms with van der Waals surface area (Å²) in [5.74, 6) is 0.578. The van der Waals surface area contributed by atoms with Gasteiger partial charge < -0.3 is 9.72 Å². The van der Waals surface area contributed by atoms with Gasteiger partial charge in [0.05, 0.1) is 23.3 Å². The molecule has 19 heavy (non-hydrogen) atoms. The number of fused-ring (bicyclic) bond motifs is 1. The number of ether oxygens (including phenoxy) is 1. The average Bonchev–Trinajstić information content (AvgIpc) is 2.93. The third kappa shape index (κ3) is 2.40. The molecule has 4 heteroatoms. The highest BCUT2D eigenvalue weighted by atomic mass is 16.5. The number of nitrogens with zero attached hydrogens (tertiary/aromatic N) is 2. The molecule has 1 aromatic carbocycles. The van der Waals surface area contributed by atoms with E-state index in [0.29, 0.717) is 18.1 Å². The van der Waals surface area contributed by atoms with Crippen LogP contribution in [-0.2, 0) is 6.61 Å². The van der Waals surface area contributed by atoms with Gasteiger partial charge in [0.15, 0.2) is 0 Å². The maximum absolute atomic E-state index is 8.84. The van der Waals surface area contributed by atoms with Crippen molar-refractivity contribution in [2.45, 2.75) is 6.61 Å². The number of H-pyrrole nitrogens is 1. The molecule has 0 atom stereocenters. The first kappa shape index (κ1) is 11.3. The molecule has 2 aromatic heterocycles. The van der Waals surface area contributed by atoms with E-state index in [4.69, 9.17) is 10.00 Å². The van der Waals surface area contributed by atoms with Crippen molar-refractivity contribution < 1.29 is 4.74 Å². The molecule has 0 amide bonds. The molecular formula is C15H11N3O. The fraction of sp³-hybridized carbons (Fsp3) is 0.0667. The summed E-state index contributed by atoms with van der Waals surface area (Å²) >= 11 is 0. The number of aromatic amines is 1. The zero-order chi connectivity index (χ0) is 13.1. The molecule has 0 radical (unpaired) electrons. The zero-order valence-electron chi connectivity index (χ0n) is 10.1. The van der Waals surface area contributed by atoms with Gasteiger partial charge in [-0.2, -0.15) is 5.26 Å².